The van der Waals surface area contributed by atoms with E-state index in [1.807, 2.05) is 0 Å². The van der Waals surface area contributed by atoms with E-state index < -0.39 is 5.77 Å². The van der Waals surface area contributed by atoms with Crippen LogP contribution in [0.3, 0.4) is 0 Å². The Kier molecular flexibility index (Phi) is 39.1. The van der Waals surface area contributed by atoms with Gasteiger partial charge in [-0.3, -0.25) is 4.57 Å². The minimum absolute atomic E-state index is 0.685. The molecule has 0 rings (SSSR count). The van der Waals surface area contributed by atoms with Gasteiger partial charge in [-0.1, -0.05) is 236 Å². The molecule has 0 aliphatic heterocycles. The van der Waals surface area contributed by atoms with Gasteiger partial charge in [0.2, 0.25) is 0 Å². The summed E-state index contributed by atoms with van der Waals surface area (Å²) in [5.41, 5.74) is 0. The third kappa shape index (κ3) is 35.7. The summed E-state index contributed by atoms with van der Waals surface area (Å²) >= 11 is 3.33. The third-order valence-corrected chi connectivity index (χ3v) is 16.6. The molecule has 0 saturated carbocycles. The van der Waals surface area contributed by atoms with Crippen LogP contribution in [-0.2, 0) is 9.09 Å². The van der Waals surface area contributed by atoms with Gasteiger partial charge in [-0.15, -0.1) is 0 Å². The molecule has 0 spiro atoms. The molecule has 5 heteroatoms. The van der Waals surface area contributed by atoms with E-state index in [4.69, 9.17) is 4.52 Å². The largest absolute Gasteiger partial charge is 0.314 e. The summed E-state index contributed by atoms with van der Waals surface area (Å²) in [5.74, 6) is -0.630. The first-order valence-electron chi connectivity index (χ1n) is 20.2. The highest BCUT2D eigenvalue weighted by Gasteiger charge is 2.24. The molecular formula is C39H81O2PS2. The number of rotatable bonds is 39. The Morgan fingerprint density at radius 2 is 0.568 bits per heavy atom. The predicted molar refractivity (Wildman–Crippen MR) is 208 cm³/mol. The average molecular weight is 677 g/mol. The molecular weight excluding hydrogens is 596 g/mol. The first-order chi connectivity index (χ1) is 21.7. The van der Waals surface area contributed by atoms with Crippen LogP contribution in [-0.4, -0.2) is 18.1 Å². The fourth-order valence-corrected chi connectivity index (χ4v) is 12.9. The summed E-state index contributed by atoms with van der Waals surface area (Å²) in [4.78, 5) is 0. The van der Waals surface area contributed by atoms with E-state index in [0.29, 0.717) is 6.61 Å². The van der Waals surface area contributed by atoms with E-state index in [1.165, 1.54) is 205 Å². The first kappa shape index (κ1) is 44.9. The van der Waals surface area contributed by atoms with Gasteiger partial charge in [0.25, 0.3) is 0 Å². The van der Waals surface area contributed by atoms with Crippen LogP contribution in [0.2, 0.25) is 0 Å². The maximum absolute atomic E-state index is 13.8. The second-order valence-corrected chi connectivity index (χ2v) is 21.2. The lowest BCUT2D eigenvalue weighted by molar-refractivity contribution is 0.321. The molecule has 0 fully saturated rings. The molecule has 0 heterocycles. The van der Waals surface area contributed by atoms with Crippen LogP contribution in [0.25, 0.3) is 0 Å². The highest BCUT2D eigenvalue weighted by Crippen LogP contribution is 2.70. The number of hydrogen-bond donors (Lipinski definition) is 0. The molecule has 2 nitrogen and oxygen atoms in total. The Labute approximate surface area is 287 Å². The fourth-order valence-electron chi connectivity index (χ4n) is 5.94. The van der Waals surface area contributed by atoms with E-state index in [0.717, 1.165) is 17.9 Å². The average Bonchev–Trinajstić information content (AvgIpc) is 3.02. The molecule has 0 N–H and O–H groups in total. The molecule has 0 amide bonds. The van der Waals surface area contributed by atoms with E-state index in [1.54, 1.807) is 22.8 Å². The Morgan fingerprint density at radius 3 is 0.841 bits per heavy atom. The van der Waals surface area contributed by atoms with Crippen molar-refractivity contribution in [3.63, 3.8) is 0 Å². The minimum Gasteiger partial charge on any atom is -0.314 e. The quantitative estimate of drug-likeness (QED) is 0.0478. The smallest absolute Gasteiger partial charge is 0.313 e. The molecule has 44 heavy (non-hydrogen) atoms. The number of hydrogen-bond acceptors (Lipinski definition) is 4. The van der Waals surface area contributed by atoms with Crippen LogP contribution in [0.4, 0.5) is 0 Å². The van der Waals surface area contributed by atoms with Crippen LogP contribution in [0.1, 0.15) is 233 Å². The van der Waals surface area contributed by atoms with Crippen LogP contribution in [0.15, 0.2) is 0 Å². The van der Waals surface area contributed by atoms with E-state index in [2.05, 4.69) is 20.8 Å². The maximum Gasteiger partial charge on any atom is 0.313 e. The fraction of sp³-hybridized carbons (Fsp3) is 1.00. The maximum atomic E-state index is 13.8. The lowest BCUT2D eigenvalue weighted by Crippen LogP contribution is -1.93. The van der Waals surface area contributed by atoms with Crippen LogP contribution in [0, 0.1) is 0 Å². The monoisotopic (exact) mass is 677 g/mol. The van der Waals surface area contributed by atoms with Crippen molar-refractivity contribution in [2.45, 2.75) is 233 Å². The third-order valence-electron chi connectivity index (χ3n) is 8.99. The molecule has 0 aromatic rings. The molecule has 0 aromatic carbocycles. The molecule has 0 unspecified atom stereocenters. The SMILES string of the molecule is CCCCCCCCCCCCCOP(=O)(SCCCCCCCCCCCCC)SCCCCCCCCCCCCC. The normalized spacial score (nSPS) is 12.0. The number of unbranched alkanes of at least 4 members (excludes halogenated alkanes) is 30. The molecule has 0 aliphatic carbocycles. The molecule has 0 aliphatic rings. The van der Waals surface area contributed by atoms with Crippen LogP contribution >= 0.6 is 28.5 Å². The zero-order valence-electron chi connectivity index (χ0n) is 30.5. The molecule has 0 saturated heterocycles. The van der Waals surface area contributed by atoms with Gasteiger partial charge in [-0.25, -0.2) is 0 Å². The van der Waals surface area contributed by atoms with Crippen molar-refractivity contribution in [2.24, 2.45) is 0 Å². The second-order valence-electron chi connectivity index (χ2n) is 13.6. The molecule has 0 atom stereocenters. The predicted octanol–water partition coefficient (Wildman–Crippen LogP) is 16.5. The van der Waals surface area contributed by atoms with E-state index in [-0.39, 0.29) is 0 Å². The summed E-state index contributed by atoms with van der Waals surface area (Å²) in [6, 6.07) is 0. The van der Waals surface area contributed by atoms with E-state index in [9.17, 15) is 4.57 Å². The van der Waals surface area contributed by atoms with Gasteiger partial charge >= 0.3 is 5.77 Å². The highest BCUT2D eigenvalue weighted by atomic mass is 33.1. The summed E-state index contributed by atoms with van der Waals surface area (Å²) < 4.78 is 20.0. The summed E-state index contributed by atoms with van der Waals surface area (Å²) in [5, 5.41) is 0. The molecule has 0 bridgehead atoms. The van der Waals surface area contributed by atoms with Crippen molar-refractivity contribution < 1.29 is 9.09 Å². The van der Waals surface area contributed by atoms with Gasteiger partial charge in [0, 0.05) is 11.5 Å². The van der Waals surface area contributed by atoms with Crippen molar-refractivity contribution in [1.29, 1.82) is 0 Å². The van der Waals surface area contributed by atoms with Crippen molar-refractivity contribution in [1.82, 2.24) is 0 Å². The Morgan fingerprint density at radius 1 is 0.341 bits per heavy atom. The Balaban J connectivity index is 4.07. The summed E-state index contributed by atoms with van der Waals surface area (Å²) in [6.07, 6.45) is 44.8. The standard InChI is InChI=1S/C39H81O2PS2/c1-4-7-10-13-16-19-22-25-28-31-34-37-41-42(40,43-38-35-32-29-26-23-20-17-14-11-8-5-2)44-39-36-33-30-27-24-21-18-15-12-9-6-3/h4-39H2,1-3H3. The lowest BCUT2D eigenvalue weighted by atomic mass is 10.1. The second kappa shape index (κ2) is 38.3. The minimum atomic E-state index is -2.63. The lowest BCUT2D eigenvalue weighted by Gasteiger charge is -2.17. The molecule has 266 valence electrons. The van der Waals surface area contributed by atoms with Gasteiger partial charge in [0.05, 0.1) is 6.61 Å². The van der Waals surface area contributed by atoms with Crippen LogP contribution < -0.4 is 0 Å². The highest BCUT2D eigenvalue weighted by molar-refractivity contribution is 8.89. The Hall–Kier alpha value is 0.890. The summed E-state index contributed by atoms with van der Waals surface area (Å²) in [7, 11) is 0. The van der Waals surface area contributed by atoms with Crippen molar-refractivity contribution in [3.8, 4) is 0 Å². The van der Waals surface area contributed by atoms with Gasteiger partial charge in [0.15, 0.2) is 0 Å². The zero-order chi connectivity index (χ0) is 32.1. The molecule has 0 aromatic heterocycles. The van der Waals surface area contributed by atoms with Gasteiger partial charge in [-0.2, -0.15) is 0 Å². The van der Waals surface area contributed by atoms with Crippen molar-refractivity contribution in [2.75, 3.05) is 18.1 Å². The zero-order valence-corrected chi connectivity index (χ0v) is 33.1. The van der Waals surface area contributed by atoms with Crippen molar-refractivity contribution in [3.05, 3.63) is 0 Å². The van der Waals surface area contributed by atoms with E-state index >= 15 is 0 Å². The van der Waals surface area contributed by atoms with Gasteiger partial charge < -0.3 is 4.52 Å². The molecule has 0 radical (unpaired) electrons. The van der Waals surface area contributed by atoms with Crippen LogP contribution in [0.5, 0.6) is 0 Å². The van der Waals surface area contributed by atoms with Crippen molar-refractivity contribution >= 4 is 28.5 Å². The summed E-state index contributed by atoms with van der Waals surface area (Å²) in [6.45, 7) is 7.56. The first-order valence-corrected chi connectivity index (χ1v) is 25.0. The van der Waals surface area contributed by atoms with Gasteiger partial charge in [-0.05, 0) is 19.3 Å². The topological polar surface area (TPSA) is 26.3 Å². The Bertz CT molecular complexity index is 498. The van der Waals surface area contributed by atoms with Gasteiger partial charge in [0.1, 0.15) is 0 Å².